The van der Waals surface area contributed by atoms with Crippen molar-refractivity contribution in [1.82, 2.24) is 14.4 Å². The molecule has 2 heterocycles. The fourth-order valence-corrected chi connectivity index (χ4v) is 3.01. The standard InChI is InChI=1S/C16H9BrClFN4/c17-9-4-5-12-13(6-9)23-8-20-7-14(23)16(21-12)22-15-10(18)2-1-3-11(15)19/h1-8H,(H,21,22). The fourth-order valence-electron chi connectivity index (χ4n) is 2.45. The number of aromatic nitrogens is 3. The third-order valence-electron chi connectivity index (χ3n) is 3.52. The smallest absolute Gasteiger partial charge is 0.157 e. The van der Waals surface area contributed by atoms with E-state index in [2.05, 4.69) is 31.2 Å². The zero-order valence-electron chi connectivity index (χ0n) is 11.6. The first-order chi connectivity index (χ1) is 11.1. The highest BCUT2D eigenvalue weighted by atomic mass is 79.9. The van der Waals surface area contributed by atoms with E-state index in [1.54, 1.807) is 24.7 Å². The van der Waals surface area contributed by atoms with Crippen LogP contribution in [-0.4, -0.2) is 14.4 Å². The van der Waals surface area contributed by atoms with Crippen LogP contribution in [0.2, 0.25) is 5.02 Å². The maximum atomic E-state index is 14.0. The molecule has 0 saturated carbocycles. The van der Waals surface area contributed by atoms with Gasteiger partial charge in [-0.05, 0) is 30.3 Å². The van der Waals surface area contributed by atoms with Crippen molar-refractivity contribution in [1.29, 1.82) is 0 Å². The number of halogens is 3. The normalized spacial score (nSPS) is 11.3. The van der Waals surface area contributed by atoms with Crippen LogP contribution in [0.3, 0.4) is 0 Å². The summed E-state index contributed by atoms with van der Waals surface area (Å²) in [5, 5.41) is 3.28. The summed E-state index contributed by atoms with van der Waals surface area (Å²) < 4.78 is 16.9. The predicted molar refractivity (Wildman–Crippen MR) is 92.9 cm³/mol. The highest BCUT2D eigenvalue weighted by molar-refractivity contribution is 9.10. The first-order valence-corrected chi connectivity index (χ1v) is 7.93. The average Bonchev–Trinajstić information content (AvgIpc) is 3.01. The lowest BCUT2D eigenvalue weighted by molar-refractivity contribution is 0.632. The molecule has 7 heteroatoms. The SMILES string of the molecule is Fc1cccc(Cl)c1Nc1nc2ccc(Br)cc2n2cncc12. The first-order valence-electron chi connectivity index (χ1n) is 6.76. The van der Waals surface area contributed by atoms with Gasteiger partial charge in [0.25, 0.3) is 0 Å². The summed E-state index contributed by atoms with van der Waals surface area (Å²) in [5.41, 5.74) is 2.59. The first kappa shape index (κ1) is 14.4. The molecular weight excluding hydrogens is 383 g/mol. The Balaban J connectivity index is 1.96. The van der Waals surface area contributed by atoms with E-state index in [0.717, 1.165) is 21.0 Å². The monoisotopic (exact) mass is 390 g/mol. The van der Waals surface area contributed by atoms with Crippen molar-refractivity contribution in [2.75, 3.05) is 5.32 Å². The summed E-state index contributed by atoms with van der Waals surface area (Å²) in [6, 6.07) is 10.3. The minimum absolute atomic E-state index is 0.196. The van der Waals surface area contributed by atoms with Gasteiger partial charge in [0, 0.05) is 4.47 Å². The van der Waals surface area contributed by atoms with E-state index in [1.165, 1.54) is 6.07 Å². The second-order valence-corrected chi connectivity index (χ2v) is 6.29. The highest BCUT2D eigenvalue weighted by Gasteiger charge is 2.13. The Bertz CT molecular complexity index is 1030. The van der Waals surface area contributed by atoms with Crippen molar-refractivity contribution in [2.45, 2.75) is 0 Å². The van der Waals surface area contributed by atoms with Crippen LogP contribution in [0.5, 0.6) is 0 Å². The Morgan fingerprint density at radius 2 is 2.04 bits per heavy atom. The van der Waals surface area contributed by atoms with E-state index in [1.807, 2.05) is 22.6 Å². The van der Waals surface area contributed by atoms with Gasteiger partial charge in [-0.1, -0.05) is 33.6 Å². The molecule has 0 amide bonds. The number of hydrogen-bond donors (Lipinski definition) is 1. The lowest BCUT2D eigenvalue weighted by Crippen LogP contribution is -2.01. The number of fused-ring (bicyclic) bond motifs is 3. The molecule has 4 nitrogen and oxygen atoms in total. The summed E-state index contributed by atoms with van der Waals surface area (Å²) >= 11 is 9.54. The fraction of sp³-hybridized carbons (Fsp3) is 0. The predicted octanol–water partition coefficient (Wildman–Crippen LogP) is 5.18. The molecule has 2 aromatic heterocycles. The lowest BCUT2D eigenvalue weighted by atomic mass is 10.2. The molecule has 2 aromatic carbocycles. The Morgan fingerprint density at radius 3 is 2.87 bits per heavy atom. The van der Waals surface area contributed by atoms with E-state index in [0.29, 0.717) is 10.8 Å². The quantitative estimate of drug-likeness (QED) is 0.512. The van der Waals surface area contributed by atoms with Crippen molar-refractivity contribution >= 4 is 55.6 Å². The molecule has 0 spiro atoms. The van der Waals surface area contributed by atoms with Gasteiger partial charge in [0.15, 0.2) is 5.82 Å². The van der Waals surface area contributed by atoms with Gasteiger partial charge in [-0.2, -0.15) is 0 Å². The molecule has 0 aliphatic rings. The summed E-state index contributed by atoms with van der Waals surface area (Å²) in [5.74, 6) is 0.0530. The third kappa shape index (κ3) is 2.44. The van der Waals surface area contributed by atoms with Crippen LogP contribution >= 0.6 is 27.5 Å². The summed E-state index contributed by atoms with van der Waals surface area (Å²) in [7, 11) is 0. The average molecular weight is 392 g/mol. The lowest BCUT2D eigenvalue weighted by Gasteiger charge is -2.12. The second-order valence-electron chi connectivity index (χ2n) is 4.96. The molecule has 114 valence electrons. The molecule has 4 aromatic rings. The van der Waals surface area contributed by atoms with Gasteiger partial charge in [-0.3, -0.25) is 4.40 Å². The van der Waals surface area contributed by atoms with E-state index in [4.69, 9.17) is 11.6 Å². The van der Waals surface area contributed by atoms with Crippen LogP contribution in [-0.2, 0) is 0 Å². The van der Waals surface area contributed by atoms with Gasteiger partial charge in [0.1, 0.15) is 11.3 Å². The van der Waals surface area contributed by atoms with Gasteiger partial charge >= 0.3 is 0 Å². The zero-order chi connectivity index (χ0) is 16.0. The number of nitrogens with one attached hydrogen (secondary N) is 1. The minimum atomic E-state index is -0.437. The number of imidazole rings is 1. The molecule has 0 bridgehead atoms. The van der Waals surface area contributed by atoms with E-state index in [9.17, 15) is 4.39 Å². The van der Waals surface area contributed by atoms with Gasteiger partial charge in [0.2, 0.25) is 0 Å². The van der Waals surface area contributed by atoms with Crippen molar-refractivity contribution in [2.24, 2.45) is 0 Å². The molecule has 0 unspecified atom stereocenters. The molecule has 1 N–H and O–H groups in total. The van der Waals surface area contributed by atoms with Crippen molar-refractivity contribution in [3.63, 3.8) is 0 Å². The van der Waals surface area contributed by atoms with Crippen LogP contribution in [0, 0.1) is 5.82 Å². The molecule has 0 fully saturated rings. The Kier molecular flexibility index (Phi) is 3.43. The summed E-state index contributed by atoms with van der Waals surface area (Å²) in [6.07, 6.45) is 3.37. The van der Waals surface area contributed by atoms with Gasteiger partial charge < -0.3 is 5.32 Å². The minimum Gasteiger partial charge on any atom is -0.335 e. The van der Waals surface area contributed by atoms with Gasteiger partial charge in [0.05, 0.1) is 34.3 Å². The zero-order valence-corrected chi connectivity index (χ0v) is 13.9. The van der Waals surface area contributed by atoms with Crippen molar-refractivity contribution in [3.05, 3.63) is 64.2 Å². The Morgan fingerprint density at radius 1 is 1.17 bits per heavy atom. The number of para-hydroxylation sites is 1. The highest BCUT2D eigenvalue weighted by Crippen LogP contribution is 2.31. The van der Waals surface area contributed by atoms with Crippen LogP contribution in [0.4, 0.5) is 15.9 Å². The molecule has 0 aliphatic heterocycles. The number of hydrogen-bond acceptors (Lipinski definition) is 3. The molecule has 0 atom stereocenters. The third-order valence-corrected chi connectivity index (χ3v) is 4.32. The molecule has 0 aliphatic carbocycles. The molecule has 0 saturated heterocycles. The topological polar surface area (TPSA) is 42.2 Å². The van der Waals surface area contributed by atoms with E-state index < -0.39 is 5.82 Å². The Hall–Kier alpha value is -2.18. The van der Waals surface area contributed by atoms with Gasteiger partial charge in [-0.25, -0.2) is 14.4 Å². The van der Waals surface area contributed by atoms with Crippen LogP contribution < -0.4 is 5.32 Å². The molecular formula is C16H9BrClFN4. The van der Waals surface area contributed by atoms with Crippen LogP contribution in [0.1, 0.15) is 0 Å². The van der Waals surface area contributed by atoms with E-state index in [-0.39, 0.29) is 5.69 Å². The number of anilines is 2. The largest absolute Gasteiger partial charge is 0.335 e. The maximum absolute atomic E-state index is 14.0. The number of benzene rings is 2. The molecule has 23 heavy (non-hydrogen) atoms. The summed E-state index contributed by atoms with van der Waals surface area (Å²) in [6.45, 7) is 0. The second kappa shape index (κ2) is 5.47. The maximum Gasteiger partial charge on any atom is 0.157 e. The van der Waals surface area contributed by atoms with Crippen molar-refractivity contribution < 1.29 is 4.39 Å². The van der Waals surface area contributed by atoms with Gasteiger partial charge in [-0.15, -0.1) is 0 Å². The number of nitrogens with zero attached hydrogens (tertiary/aromatic N) is 3. The van der Waals surface area contributed by atoms with Crippen molar-refractivity contribution in [3.8, 4) is 0 Å². The number of rotatable bonds is 2. The Labute approximate surface area is 144 Å². The molecule has 4 rings (SSSR count). The van der Waals surface area contributed by atoms with Crippen LogP contribution in [0.15, 0.2) is 53.4 Å². The molecule has 0 radical (unpaired) electrons. The van der Waals surface area contributed by atoms with Crippen LogP contribution in [0.25, 0.3) is 16.6 Å². The van der Waals surface area contributed by atoms with E-state index >= 15 is 0 Å². The summed E-state index contributed by atoms with van der Waals surface area (Å²) in [4.78, 5) is 8.75.